The molecule has 2 bridgehead atoms. The average molecular weight is 339 g/mol. The van der Waals surface area contributed by atoms with Crippen LogP contribution in [0.25, 0.3) is 0 Å². The van der Waals surface area contributed by atoms with Gasteiger partial charge in [-0.05, 0) is 60.8 Å². The molecule has 5 saturated heterocycles. The Bertz CT molecular complexity index is 416. The molecule has 5 aliphatic rings. The standard InChI is InChI=1S/C11H21NO.C9H17NO/c1-10(2,3)12-7-6-11(9-12)5-4-8-13-11;1-9(2,3)10-5-7-4-8(6-10)11-7/h4-9H2,1-3H3;7-8H,4-6H2,1-3H3/t;7-,8+. The minimum atomic E-state index is 0.243. The zero-order valence-corrected chi connectivity index (χ0v) is 16.7. The number of ether oxygens (including phenoxy) is 2. The van der Waals surface area contributed by atoms with Crippen molar-refractivity contribution in [1.82, 2.24) is 9.80 Å². The second-order valence-electron chi connectivity index (χ2n) is 10.2. The third-order valence-corrected chi connectivity index (χ3v) is 6.16. The Labute approximate surface area is 148 Å². The SMILES string of the molecule is CC(C)(C)N1CCC2(CCCO2)C1.CC(C)(C)N1C[C@H]2C[C@@H](C1)O2. The molecule has 4 heteroatoms. The van der Waals surface area contributed by atoms with E-state index < -0.39 is 0 Å². The fraction of sp³-hybridized carbons (Fsp3) is 1.00. The number of likely N-dealkylation sites (tertiary alicyclic amines) is 1. The summed E-state index contributed by atoms with van der Waals surface area (Å²) < 4.78 is 11.4. The van der Waals surface area contributed by atoms with E-state index in [4.69, 9.17) is 9.47 Å². The maximum Gasteiger partial charge on any atom is 0.0822 e. The maximum atomic E-state index is 5.89. The predicted octanol–water partition coefficient (Wildman–Crippen LogP) is 3.30. The number of hydrogen-bond donors (Lipinski definition) is 0. The van der Waals surface area contributed by atoms with E-state index in [-0.39, 0.29) is 5.60 Å². The first-order valence-corrected chi connectivity index (χ1v) is 9.87. The van der Waals surface area contributed by atoms with E-state index in [1.54, 1.807) is 0 Å². The molecule has 0 saturated carbocycles. The van der Waals surface area contributed by atoms with Crippen molar-refractivity contribution in [2.24, 2.45) is 0 Å². The van der Waals surface area contributed by atoms with Crippen LogP contribution in [0.1, 0.15) is 67.2 Å². The van der Waals surface area contributed by atoms with Gasteiger partial charge >= 0.3 is 0 Å². The first-order chi connectivity index (χ1) is 11.1. The van der Waals surface area contributed by atoms with Crippen molar-refractivity contribution in [2.75, 3.05) is 32.8 Å². The lowest BCUT2D eigenvalue weighted by atomic mass is 9.94. The molecule has 5 aliphatic heterocycles. The fourth-order valence-electron chi connectivity index (χ4n) is 4.40. The van der Waals surface area contributed by atoms with Gasteiger partial charge in [-0.3, -0.25) is 9.80 Å². The third kappa shape index (κ3) is 4.14. The minimum absolute atomic E-state index is 0.243. The molecule has 0 radical (unpaired) electrons. The van der Waals surface area contributed by atoms with Crippen LogP contribution in [0.2, 0.25) is 0 Å². The van der Waals surface area contributed by atoms with Crippen molar-refractivity contribution in [2.45, 2.75) is 96.1 Å². The van der Waals surface area contributed by atoms with Crippen molar-refractivity contribution >= 4 is 0 Å². The largest absolute Gasteiger partial charge is 0.374 e. The summed E-state index contributed by atoms with van der Waals surface area (Å²) in [6, 6.07) is 0. The van der Waals surface area contributed by atoms with Crippen LogP contribution in [0.5, 0.6) is 0 Å². The summed E-state index contributed by atoms with van der Waals surface area (Å²) in [5.41, 5.74) is 0.892. The molecule has 3 atom stereocenters. The minimum Gasteiger partial charge on any atom is -0.374 e. The van der Waals surface area contributed by atoms with Gasteiger partial charge in [0, 0.05) is 50.3 Å². The molecule has 1 unspecified atom stereocenters. The van der Waals surface area contributed by atoms with Gasteiger partial charge in [-0.15, -0.1) is 0 Å². The Hall–Kier alpha value is -0.160. The highest BCUT2D eigenvalue weighted by molar-refractivity contribution is 4.98. The van der Waals surface area contributed by atoms with Crippen molar-refractivity contribution in [3.05, 3.63) is 0 Å². The number of rotatable bonds is 0. The van der Waals surface area contributed by atoms with Crippen LogP contribution in [0.15, 0.2) is 0 Å². The van der Waals surface area contributed by atoms with Gasteiger partial charge in [-0.25, -0.2) is 0 Å². The first kappa shape index (κ1) is 18.6. The molecule has 0 amide bonds. The zero-order valence-electron chi connectivity index (χ0n) is 16.7. The molecule has 140 valence electrons. The Kier molecular flexibility index (Phi) is 5.07. The van der Waals surface area contributed by atoms with E-state index in [1.807, 2.05) is 0 Å². The number of nitrogens with zero attached hydrogens (tertiary/aromatic N) is 2. The van der Waals surface area contributed by atoms with Gasteiger partial charge in [0.15, 0.2) is 0 Å². The van der Waals surface area contributed by atoms with Gasteiger partial charge in [0.1, 0.15) is 0 Å². The van der Waals surface area contributed by atoms with E-state index >= 15 is 0 Å². The molecule has 1 spiro atoms. The van der Waals surface area contributed by atoms with Crippen LogP contribution >= 0.6 is 0 Å². The zero-order chi connectivity index (χ0) is 17.6. The van der Waals surface area contributed by atoms with Crippen molar-refractivity contribution in [3.8, 4) is 0 Å². The molecular weight excluding hydrogens is 300 g/mol. The topological polar surface area (TPSA) is 24.9 Å². The monoisotopic (exact) mass is 338 g/mol. The lowest BCUT2D eigenvalue weighted by Crippen LogP contribution is -2.61. The number of piperidine rings is 1. The van der Waals surface area contributed by atoms with Crippen LogP contribution in [0, 0.1) is 0 Å². The van der Waals surface area contributed by atoms with Crippen molar-refractivity contribution in [3.63, 3.8) is 0 Å². The van der Waals surface area contributed by atoms with Gasteiger partial charge in [0.25, 0.3) is 0 Å². The van der Waals surface area contributed by atoms with Crippen LogP contribution in [0.3, 0.4) is 0 Å². The molecule has 24 heavy (non-hydrogen) atoms. The van der Waals surface area contributed by atoms with Crippen LogP contribution in [-0.2, 0) is 9.47 Å². The quantitative estimate of drug-likeness (QED) is 0.677. The van der Waals surface area contributed by atoms with Gasteiger partial charge in [0.05, 0.1) is 17.8 Å². The lowest BCUT2D eigenvalue weighted by molar-refractivity contribution is -0.195. The average Bonchev–Trinajstić information content (AvgIpc) is 3.08. The Morgan fingerprint density at radius 2 is 1.46 bits per heavy atom. The van der Waals surface area contributed by atoms with E-state index in [0.29, 0.717) is 23.3 Å². The third-order valence-electron chi connectivity index (χ3n) is 6.16. The number of fused-ring (bicyclic) bond motifs is 2. The van der Waals surface area contributed by atoms with Crippen LogP contribution in [-0.4, -0.2) is 71.5 Å². The highest BCUT2D eigenvalue weighted by Crippen LogP contribution is 2.37. The van der Waals surface area contributed by atoms with E-state index in [1.165, 1.54) is 32.2 Å². The molecule has 4 nitrogen and oxygen atoms in total. The van der Waals surface area contributed by atoms with Gasteiger partial charge in [0.2, 0.25) is 0 Å². The maximum absolute atomic E-state index is 5.89. The smallest absolute Gasteiger partial charge is 0.0822 e. The summed E-state index contributed by atoms with van der Waals surface area (Å²) in [6.07, 6.45) is 6.18. The molecule has 5 rings (SSSR count). The van der Waals surface area contributed by atoms with Crippen molar-refractivity contribution < 1.29 is 9.47 Å². The fourth-order valence-corrected chi connectivity index (χ4v) is 4.40. The van der Waals surface area contributed by atoms with Crippen molar-refractivity contribution in [1.29, 1.82) is 0 Å². The lowest BCUT2D eigenvalue weighted by Gasteiger charge is -2.51. The predicted molar refractivity (Wildman–Crippen MR) is 98.5 cm³/mol. The highest BCUT2D eigenvalue weighted by atomic mass is 16.5. The molecule has 0 aliphatic carbocycles. The van der Waals surface area contributed by atoms with E-state index in [9.17, 15) is 0 Å². The molecular formula is C20H38N2O2. The molecule has 0 aromatic carbocycles. The molecule has 5 heterocycles. The molecule has 0 aromatic rings. The number of hydrogen-bond acceptors (Lipinski definition) is 4. The summed E-state index contributed by atoms with van der Waals surface area (Å²) in [6.45, 7) is 19.3. The summed E-state index contributed by atoms with van der Waals surface area (Å²) in [5.74, 6) is 0. The second-order valence-corrected chi connectivity index (χ2v) is 10.2. The van der Waals surface area contributed by atoms with Crippen LogP contribution < -0.4 is 0 Å². The molecule has 0 aromatic heterocycles. The highest BCUT2D eigenvalue weighted by Gasteiger charge is 2.44. The van der Waals surface area contributed by atoms with Gasteiger partial charge in [-0.2, -0.15) is 0 Å². The second kappa shape index (κ2) is 6.53. The summed E-state index contributed by atoms with van der Waals surface area (Å²) >= 11 is 0. The van der Waals surface area contributed by atoms with Gasteiger partial charge in [-0.1, -0.05) is 0 Å². The Balaban J connectivity index is 0.000000143. The summed E-state index contributed by atoms with van der Waals surface area (Å²) in [7, 11) is 0. The van der Waals surface area contributed by atoms with E-state index in [0.717, 1.165) is 26.2 Å². The van der Waals surface area contributed by atoms with Crippen LogP contribution in [0.4, 0.5) is 0 Å². The van der Waals surface area contributed by atoms with Gasteiger partial charge < -0.3 is 9.47 Å². The Morgan fingerprint density at radius 1 is 0.875 bits per heavy atom. The summed E-state index contributed by atoms with van der Waals surface area (Å²) in [5, 5.41) is 0. The Morgan fingerprint density at radius 3 is 1.83 bits per heavy atom. The normalized spacial score (nSPS) is 37.2. The first-order valence-electron chi connectivity index (χ1n) is 9.87. The van der Waals surface area contributed by atoms with E-state index in [2.05, 4.69) is 51.3 Å². The molecule has 0 N–H and O–H groups in total. The summed E-state index contributed by atoms with van der Waals surface area (Å²) in [4.78, 5) is 5.08. The number of morpholine rings is 1. The molecule has 5 fully saturated rings.